The van der Waals surface area contributed by atoms with Crippen LogP contribution in [0.4, 0.5) is 0 Å². The highest BCUT2D eigenvalue weighted by atomic mass is 16.2. The first-order chi connectivity index (χ1) is 12.9. The average molecular weight is 368 g/mol. The molecule has 1 nitrogen and oxygen atoms in total. The summed E-state index contributed by atoms with van der Waals surface area (Å²) >= 11 is 0. The van der Waals surface area contributed by atoms with E-state index in [0.717, 1.165) is 12.8 Å². The fraction of sp³-hybridized carbons (Fsp3) is 1.00. The Morgan fingerprint density at radius 3 is 0.692 bits per heavy atom. The molecule has 0 aromatic heterocycles. The van der Waals surface area contributed by atoms with Crippen LogP contribution < -0.4 is 0 Å². The molecule has 0 aliphatic heterocycles. The summed E-state index contributed by atoms with van der Waals surface area (Å²) in [5, 5.41) is 10.3. The quantitative estimate of drug-likeness (QED) is 0.160. The second kappa shape index (κ2) is 25.0. The molecule has 0 N–H and O–H groups in total. The molecule has 26 heavy (non-hydrogen) atoms. The SMILES string of the molecule is CCCCCCCCCCCCCCCCCCCCCCCCC[O]. The standard InChI is InChI=1S/C25H51O/c1-2-3-4-5-6-7-8-9-10-11-12-13-14-15-16-17-18-19-20-21-22-23-24-25-26/h2-25H2,1H3. The van der Waals surface area contributed by atoms with Crippen molar-refractivity contribution in [2.75, 3.05) is 6.61 Å². The van der Waals surface area contributed by atoms with Gasteiger partial charge in [-0.15, -0.1) is 0 Å². The molecule has 0 bridgehead atoms. The molecule has 157 valence electrons. The summed E-state index contributed by atoms with van der Waals surface area (Å²) in [6.07, 6.45) is 32.2. The Morgan fingerprint density at radius 2 is 0.500 bits per heavy atom. The van der Waals surface area contributed by atoms with Crippen molar-refractivity contribution in [3.05, 3.63) is 0 Å². The van der Waals surface area contributed by atoms with E-state index in [2.05, 4.69) is 6.92 Å². The molecule has 0 heterocycles. The van der Waals surface area contributed by atoms with Gasteiger partial charge >= 0.3 is 0 Å². The molecule has 0 aromatic rings. The number of unbranched alkanes of at least 4 members (excludes halogenated alkanes) is 22. The van der Waals surface area contributed by atoms with Crippen LogP contribution in [0.15, 0.2) is 0 Å². The lowest BCUT2D eigenvalue weighted by Crippen LogP contribution is -1.85. The van der Waals surface area contributed by atoms with Gasteiger partial charge in [-0.1, -0.05) is 148 Å². The molecule has 0 amide bonds. The zero-order valence-corrected chi connectivity index (χ0v) is 18.4. The van der Waals surface area contributed by atoms with Crippen molar-refractivity contribution < 1.29 is 5.11 Å². The highest BCUT2D eigenvalue weighted by Crippen LogP contribution is 2.15. The van der Waals surface area contributed by atoms with Crippen molar-refractivity contribution in [1.82, 2.24) is 0 Å². The van der Waals surface area contributed by atoms with Gasteiger partial charge in [0.05, 0.1) is 6.61 Å². The molecule has 1 heteroatoms. The minimum Gasteiger partial charge on any atom is -0.237 e. The van der Waals surface area contributed by atoms with Gasteiger partial charge in [-0.2, -0.15) is 0 Å². The summed E-state index contributed by atoms with van der Waals surface area (Å²) in [5.41, 5.74) is 0. The van der Waals surface area contributed by atoms with E-state index in [1.54, 1.807) is 0 Å². The highest BCUT2D eigenvalue weighted by molar-refractivity contribution is 4.51. The van der Waals surface area contributed by atoms with Gasteiger partial charge in [0.1, 0.15) is 0 Å². The predicted octanol–water partition coefficient (Wildman–Crippen LogP) is 9.41. The van der Waals surface area contributed by atoms with Crippen LogP contribution in [0.3, 0.4) is 0 Å². The van der Waals surface area contributed by atoms with Crippen LogP contribution in [0.5, 0.6) is 0 Å². The minimum atomic E-state index is 0.124. The van der Waals surface area contributed by atoms with Crippen molar-refractivity contribution in [3.8, 4) is 0 Å². The first kappa shape index (κ1) is 26.0. The zero-order chi connectivity index (χ0) is 19.0. The van der Waals surface area contributed by atoms with E-state index in [1.165, 1.54) is 135 Å². The Balaban J connectivity index is 2.95. The molecule has 0 aliphatic rings. The van der Waals surface area contributed by atoms with Gasteiger partial charge in [-0.3, -0.25) is 0 Å². The van der Waals surface area contributed by atoms with E-state index < -0.39 is 0 Å². The number of rotatable bonds is 23. The van der Waals surface area contributed by atoms with Crippen molar-refractivity contribution in [3.63, 3.8) is 0 Å². The summed E-state index contributed by atoms with van der Waals surface area (Å²) in [7, 11) is 0. The molecule has 0 aliphatic carbocycles. The maximum Gasteiger partial charge on any atom is 0.0822 e. The van der Waals surface area contributed by atoms with Gasteiger partial charge in [-0.05, 0) is 6.42 Å². The Kier molecular flexibility index (Phi) is 24.9. The number of hydrogen-bond donors (Lipinski definition) is 0. The highest BCUT2D eigenvalue weighted by Gasteiger charge is 1.95. The zero-order valence-electron chi connectivity index (χ0n) is 18.4. The molecular formula is C25H51O. The van der Waals surface area contributed by atoms with Crippen LogP contribution >= 0.6 is 0 Å². The van der Waals surface area contributed by atoms with Crippen molar-refractivity contribution in [2.24, 2.45) is 0 Å². The average Bonchev–Trinajstić information content (AvgIpc) is 2.66. The van der Waals surface area contributed by atoms with E-state index in [1.807, 2.05) is 0 Å². The smallest absolute Gasteiger partial charge is 0.0822 e. The maximum absolute atomic E-state index is 10.3. The van der Waals surface area contributed by atoms with Crippen LogP contribution in [-0.2, 0) is 5.11 Å². The van der Waals surface area contributed by atoms with Crippen molar-refractivity contribution in [2.45, 2.75) is 155 Å². The molecule has 0 saturated carbocycles. The second-order valence-corrected chi connectivity index (χ2v) is 8.48. The Bertz CT molecular complexity index is 202. The van der Waals surface area contributed by atoms with E-state index >= 15 is 0 Å². The monoisotopic (exact) mass is 367 g/mol. The van der Waals surface area contributed by atoms with Gasteiger partial charge in [0.25, 0.3) is 0 Å². The van der Waals surface area contributed by atoms with Gasteiger partial charge < -0.3 is 0 Å². The molecule has 0 unspecified atom stereocenters. The summed E-state index contributed by atoms with van der Waals surface area (Å²) in [6.45, 7) is 2.42. The van der Waals surface area contributed by atoms with E-state index in [-0.39, 0.29) is 6.61 Å². The summed E-state index contributed by atoms with van der Waals surface area (Å²) in [4.78, 5) is 0. The first-order valence-electron chi connectivity index (χ1n) is 12.5. The van der Waals surface area contributed by atoms with Crippen molar-refractivity contribution in [1.29, 1.82) is 0 Å². The summed E-state index contributed by atoms with van der Waals surface area (Å²) in [5.74, 6) is 0. The lowest BCUT2D eigenvalue weighted by molar-refractivity contribution is 0.186. The van der Waals surface area contributed by atoms with Crippen molar-refractivity contribution >= 4 is 0 Å². The first-order valence-corrected chi connectivity index (χ1v) is 12.5. The summed E-state index contributed by atoms with van der Waals surface area (Å²) < 4.78 is 0. The predicted molar refractivity (Wildman–Crippen MR) is 117 cm³/mol. The molecule has 1 radical (unpaired) electrons. The third-order valence-electron chi connectivity index (χ3n) is 5.75. The summed E-state index contributed by atoms with van der Waals surface area (Å²) in [6, 6.07) is 0. The molecule has 0 rings (SSSR count). The third-order valence-corrected chi connectivity index (χ3v) is 5.75. The van der Waals surface area contributed by atoms with Crippen LogP contribution in [0.1, 0.15) is 155 Å². The Hall–Kier alpha value is -0.0400. The third kappa shape index (κ3) is 24.0. The number of hydrogen-bond acceptors (Lipinski definition) is 0. The fourth-order valence-corrected chi connectivity index (χ4v) is 3.89. The lowest BCUT2D eigenvalue weighted by Gasteiger charge is -2.04. The van der Waals surface area contributed by atoms with Crippen LogP contribution in [0.25, 0.3) is 0 Å². The molecule has 0 aromatic carbocycles. The minimum absolute atomic E-state index is 0.124. The fourth-order valence-electron chi connectivity index (χ4n) is 3.89. The normalized spacial score (nSPS) is 11.3. The maximum atomic E-state index is 10.3. The van der Waals surface area contributed by atoms with E-state index in [4.69, 9.17) is 0 Å². The van der Waals surface area contributed by atoms with Crippen LogP contribution in [0, 0.1) is 0 Å². The van der Waals surface area contributed by atoms with E-state index in [0.29, 0.717) is 0 Å². The molecule has 0 spiro atoms. The Morgan fingerprint density at radius 1 is 0.308 bits per heavy atom. The topological polar surface area (TPSA) is 19.9 Å². The van der Waals surface area contributed by atoms with E-state index in [9.17, 15) is 5.11 Å². The molecule has 0 saturated heterocycles. The van der Waals surface area contributed by atoms with Crippen LogP contribution in [0.2, 0.25) is 0 Å². The molecular weight excluding hydrogens is 316 g/mol. The van der Waals surface area contributed by atoms with Gasteiger partial charge in [0.2, 0.25) is 0 Å². The van der Waals surface area contributed by atoms with Gasteiger partial charge in [0, 0.05) is 0 Å². The molecule has 0 fully saturated rings. The largest absolute Gasteiger partial charge is 0.237 e. The molecule has 0 atom stereocenters. The van der Waals surface area contributed by atoms with Gasteiger partial charge in [-0.25, -0.2) is 5.11 Å². The van der Waals surface area contributed by atoms with Crippen LogP contribution in [-0.4, -0.2) is 6.61 Å². The second-order valence-electron chi connectivity index (χ2n) is 8.48. The Labute approximate surface area is 166 Å². The van der Waals surface area contributed by atoms with Gasteiger partial charge in [0.15, 0.2) is 0 Å². The lowest BCUT2D eigenvalue weighted by atomic mass is 10.0.